The number of piperidine rings is 1. The first-order valence-electron chi connectivity index (χ1n) is 9.40. The van der Waals surface area contributed by atoms with Gasteiger partial charge in [-0.25, -0.2) is 14.7 Å². The molecule has 0 aromatic carbocycles. The standard InChI is InChI=1S/C17H27N5O6/c1-16(2,3)17(7-4-8-21(17)15(26)27)13(24)19-18-12(23)11-6-5-10-9-20(11)14(25)22(10)28/h10-11,28H,4-9H2,1-3H3,(H,18,23)(H,19,24)(H,26,27)/t10-,11+,17-/m1/s1. The van der Waals surface area contributed by atoms with Crippen molar-refractivity contribution < 1.29 is 29.5 Å². The first kappa shape index (κ1) is 20.2. The second-order valence-corrected chi connectivity index (χ2v) is 8.62. The first-order valence-corrected chi connectivity index (χ1v) is 9.40. The molecular weight excluding hydrogens is 370 g/mol. The molecule has 4 N–H and O–H groups in total. The van der Waals surface area contributed by atoms with Crippen LogP contribution < -0.4 is 10.9 Å². The van der Waals surface area contributed by atoms with Crippen LogP contribution in [0.3, 0.4) is 0 Å². The van der Waals surface area contributed by atoms with Gasteiger partial charge in [-0.15, -0.1) is 0 Å². The minimum atomic E-state index is -1.31. The predicted octanol–water partition coefficient (Wildman–Crippen LogP) is 0.350. The van der Waals surface area contributed by atoms with Crippen molar-refractivity contribution in [1.82, 2.24) is 25.7 Å². The molecule has 3 atom stereocenters. The molecule has 0 unspecified atom stereocenters. The maximum absolute atomic E-state index is 13.0. The average Bonchev–Trinajstić information content (AvgIpc) is 3.17. The van der Waals surface area contributed by atoms with Gasteiger partial charge in [0.25, 0.3) is 11.8 Å². The summed E-state index contributed by atoms with van der Waals surface area (Å²) in [6.45, 7) is 5.85. The van der Waals surface area contributed by atoms with E-state index in [1.54, 1.807) is 20.8 Å². The number of carbonyl (C=O) groups excluding carboxylic acids is 3. The molecule has 156 valence electrons. The largest absolute Gasteiger partial charge is 0.465 e. The number of carbonyl (C=O) groups is 4. The third kappa shape index (κ3) is 2.93. The minimum absolute atomic E-state index is 0.243. The predicted molar refractivity (Wildman–Crippen MR) is 95.0 cm³/mol. The summed E-state index contributed by atoms with van der Waals surface area (Å²) in [5, 5.41) is 19.9. The topological polar surface area (TPSA) is 143 Å². The van der Waals surface area contributed by atoms with Gasteiger partial charge < -0.3 is 10.0 Å². The van der Waals surface area contributed by atoms with E-state index < -0.39 is 40.9 Å². The van der Waals surface area contributed by atoms with E-state index in [1.807, 2.05) is 0 Å². The van der Waals surface area contributed by atoms with Crippen LogP contribution in [0.5, 0.6) is 0 Å². The van der Waals surface area contributed by atoms with Crippen molar-refractivity contribution in [3.8, 4) is 0 Å². The lowest BCUT2D eigenvalue weighted by molar-refractivity contribution is -0.142. The van der Waals surface area contributed by atoms with Crippen molar-refractivity contribution in [3.63, 3.8) is 0 Å². The van der Waals surface area contributed by atoms with Crippen LogP contribution in [0.2, 0.25) is 0 Å². The van der Waals surface area contributed by atoms with Crippen LogP contribution in [0.4, 0.5) is 9.59 Å². The van der Waals surface area contributed by atoms with Crippen LogP contribution in [-0.2, 0) is 9.59 Å². The smallest absolute Gasteiger partial charge is 0.408 e. The van der Waals surface area contributed by atoms with E-state index in [9.17, 15) is 29.5 Å². The molecule has 11 heteroatoms. The quantitative estimate of drug-likeness (QED) is 0.391. The molecule has 3 fully saturated rings. The molecule has 3 rings (SSSR count). The zero-order valence-electron chi connectivity index (χ0n) is 16.3. The zero-order chi connectivity index (χ0) is 20.9. The van der Waals surface area contributed by atoms with E-state index in [0.29, 0.717) is 30.7 Å². The molecule has 0 saturated carbocycles. The number of hydrogen-bond donors (Lipinski definition) is 4. The highest BCUT2D eigenvalue weighted by Gasteiger charge is 2.57. The Morgan fingerprint density at radius 1 is 1.18 bits per heavy atom. The van der Waals surface area contributed by atoms with Crippen LogP contribution in [-0.4, -0.2) is 79.8 Å². The Morgan fingerprint density at radius 2 is 1.86 bits per heavy atom. The third-order valence-electron chi connectivity index (χ3n) is 6.17. The molecule has 28 heavy (non-hydrogen) atoms. The highest BCUT2D eigenvalue weighted by atomic mass is 16.5. The van der Waals surface area contributed by atoms with E-state index in [0.717, 1.165) is 4.90 Å². The number of nitrogens with zero attached hydrogens (tertiary/aromatic N) is 3. The van der Waals surface area contributed by atoms with Gasteiger partial charge in [0.2, 0.25) is 0 Å². The Labute approximate surface area is 162 Å². The van der Waals surface area contributed by atoms with E-state index in [4.69, 9.17) is 0 Å². The average molecular weight is 397 g/mol. The summed E-state index contributed by atoms with van der Waals surface area (Å²) in [5.74, 6) is -1.17. The summed E-state index contributed by atoms with van der Waals surface area (Å²) in [6, 6.07) is -1.75. The number of hydrogen-bond acceptors (Lipinski definition) is 5. The van der Waals surface area contributed by atoms with E-state index in [1.165, 1.54) is 4.90 Å². The summed E-state index contributed by atoms with van der Waals surface area (Å²) in [7, 11) is 0. The fourth-order valence-electron chi connectivity index (χ4n) is 4.66. The summed E-state index contributed by atoms with van der Waals surface area (Å²) in [5.41, 5.74) is 2.72. The number of hydroxylamine groups is 2. The number of carboxylic acid groups (broad SMARTS) is 1. The summed E-state index contributed by atoms with van der Waals surface area (Å²) in [6.07, 6.45) is 0.547. The second-order valence-electron chi connectivity index (χ2n) is 8.62. The summed E-state index contributed by atoms with van der Waals surface area (Å²) < 4.78 is 0. The van der Waals surface area contributed by atoms with Crippen LogP contribution >= 0.6 is 0 Å². The number of amides is 5. The second kappa shape index (κ2) is 6.80. The molecular formula is C17H27N5O6. The fourth-order valence-corrected chi connectivity index (χ4v) is 4.66. The zero-order valence-corrected chi connectivity index (χ0v) is 16.3. The Balaban J connectivity index is 1.71. The highest BCUT2D eigenvalue weighted by Crippen LogP contribution is 2.44. The molecule has 0 aromatic rings. The molecule has 2 bridgehead atoms. The van der Waals surface area contributed by atoms with Gasteiger partial charge in [-0.2, -0.15) is 0 Å². The lowest BCUT2D eigenvalue weighted by Gasteiger charge is -2.45. The Kier molecular flexibility index (Phi) is 4.90. The number of urea groups is 1. The van der Waals surface area contributed by atoms with Crippen molar-refractivity contribution in [2.75, 3.05) is 13.1 Å². The Hall–Kier alpha value is -2.56. The molecule has 3 aliphatic rings. The molecule has 0 aliphatic carbocycles. The van der Waals surface area contributed by atoms with E-state index in [-0.39, 0.29) is 19.1 Å². The monoisotopic (exact) mass is 397 g/mol. The summed E-state index contributed by atoms with van der Waals surface area (Å²) in [4.78, 5) is 51.7. The van der Waals surface area contributed by atoms with Crippen molar-refractivity contribution >= 4 is 23.9 Å². The molecule has 5 amide bonds. The van der Waals surface area contributed by atoms with Crippen LogP contribution in [0.1, 0.15) is 46.5 Å². The number of rotatable bonds is 2. The lowest BCUT2D eigenvalue weighted by atomic mass is 9.71. The minimum Gasteiger partial charge on any atom is -0.465 e. The molecule has 0 radical (unpaired) electrons. The highest BCUT2D eigenvalue weighted by molar-refractivity contribution is 5.94. The molecule has 3 heterocycles. The maximum atomic E-state index is 13.0. The van der Waals surface area contributed by atoms with Crippen molar-refractivity contribution in [1.29, 1.82) is 0 Å². The van der Waals surface area contributed by atoms with Gasteiger partial charge in [0.15, 0.2) is 0 Å². The van der Waals surface area contributed by atoms with Crippen LogP contribution in [0.15, 0.2) is 0 Å². The fraction of sp³-hybridized carbons (Fsp3) is 0.765. The molecule has 11 nitrogen and oxygen atoms in total. The molecule has 0 aromatic heterocycles. The molecule has 3 aliphatic heterocycles. The lowest BCUT2D eigenvalue weighted by Crippen LogP contribution is -2.66. The Morgan fingerprint density at radius 3 is 2.46 bits per heavy atom. The maximum Gasteiger partial charge on any atom is 0.408 e. The molecule has 3 saturated heterocycles. The van der Waals surface area contributed by atoms with Gasteiger partial charge in [0.05, 0.1) is 6.04 Å². The van der Waals surface area contributed by atoms with Gasteiger partial charge >= 0.3 is 12.1 Å². The van der Waals surface area contributed by atoms with Crippen LogP contribution in [0, 0.1) is 5.41 Å². The third-order valence-corrected chi connectivity index (χ3v) is 6.17. The number of fused-ring (bicyclic) bond motifs is 2. The van der Waals surface area contributed by atoms with E-state index >= 15 is 0 Å². The van der Waals surface area contributed by atoms with Gasteiger partial charge in [-0.1, -0.05) is 20.8 Å². The van der Waals surface area contributed by atoms with Gasteiger partial charge in [-0.3, -0.25) is 30.5 Å². The summed E-state index contributed by atoms with van der Waals surface area (Å²) >= 11 is 0. The van der Waals surface area contributed by atoms with Gasteiger partial charge in [-0.05, 0) is 31.1 Å². The van der Waals surface area contributed by atoms with Gasteiger partial charge in [0.1, 0.15) is 11.6 Å². The number of nitrogens with one attached hydrogen (secondary N) is 2. The van der Waals surface area contributed by atoms with Crippen molar-refractivity contribution in [2.24, 2.45) is 5.41 Å². The number of likely N-dealkylation sites (tertiary alicyclic amines) is 1. The van der Waals surface area contributed by atoms with Crippen molar-refractivity contribution in [2.45, 2.75) is 64.1 Å². The normalized spacial score (nSPS) is 29.9. The first-order chi connectivity index (χ1) is 13.0. The van der Waals surface area contributed by atoms with Crippen LogP contribution in [0.25, 0.3) is 0 Å². The van der Waals surface area contributed by atoms with E-state index in [2.05, 4.69) is 10.9 Å². The molecule has 0 spiro atoms. The number of hydrazine groups is 1. The van der Waals surface area contributed by atoms with Gasteiger partial charge in [0, 0.05) is 13.1 Å². The SMILES string of the molecule is CC(C)(C)[C@]1(C(=O)NNC(=O)[C@@H]2CC[C@@H]3CN2C(=O)N3O)CCCN1C(=O)O. The Bertz CT molecular complexity index is 707. The van der Waals surface area contributed by atoms with Crippen molar-refractivity contribution in [3.05, 3.63) is 0 Å².